The van der Waals surface area contributed by atoms with Crippen molar-refractivity contribution in [3.63, 3.8) is 0 Å². The Bertz CT molecular complexity index is 1140. The molecule has 4 aromatic rings. The van der Waals surface area contributed by atoms with Gasteiger partial charge in [-0.15, -0.1) is 0 Å². The Balaban J connectivity index is 1.44. The molecule has 0 saturated carbocycles. The van der Waals surface area contributed by atoms with Gasteiger partial charge in [-0.05, 0) is 65.7 Å². The number of hydrogen-bond donors (Lipinski definition) is 2. The van der Waals surface area contributed by atoms with Crippen molar-refractivity contribution in [2.75, 3.05) is 10.6 Å². The first-order chi connectivity index (χ1) is 13.6. The molecular weight excluding hydrogens is 364 g/mol. The monoisotopic (exact) mass is 386 g/mol. The molecule has 0 spiro atoms. The van der Waals surface area contributed by atoms with E-state index in [-0.39, 0.29) is 0 Å². The fraction of sp³-hybridized carbons (Fsp3) is 0.130. The number of fused-ring (bicyclic) bond motifs is 1. The van der Waals surface area contributed by atoms with E-state index in [4.69, 9.17) is 12.2 Å². The van der Waals surface area contributed by atoms with E-state index in [2.05, 4.69) is 84.2 Å². The van der Waals surface area contributed by atoms with Crippen LogP contribution in [0.3, 0.4) is 0 Å². The molecule has 0 atom stereocenters. The number of nitrogens with one attached hydrogen (secondary N) is 2. The van der Waals surface area contributed by atoms with Crippen molar-refractivity contribution in [2.45, 2.75) is 20.4 Å². The standard InChI is InChI=1S/C23H22N4S/c1-16-10-11-20(12-17(16)2)25-23(28)26-21-13-24-27(15-21)14-19-8-5-7-18-6-3-4-9-22(18)19/h3-13,15H,14H2,1-2H3,(H2,25,26,28). The van der Waals surface area contributed by atoms with E-state index in [0.717, 1.165) is 11.4 Å². The van der Waals surface area contributed by atoms with Crippen molar-refractivity contribution in [3.8, 4) is 0 Å². The van der Waals surface area contributed by atoms with E-state index >= 15 is 0 Å². The van der Waals surface area contributed by atoms with Gasteiger partial charge in [-0.1, -0.05) is 48.5 Å². The third-order valence-corrected chi connectivity index (χ3v) is 5.07. The molecule has 5 heteroatoms. The second kappa shape index (κ2) is 7.82. The smallest absolute Gasteiger partial charge is 0.175 e. The second-order valence-electron chi connectivity index (χ2n) is 6.94. The molecule has 0 saturated heterocycles. The van der Waals surface area contributed by atoms with Crippen LogP contribution >= 0.6 is 12.2 Å². The van der Waals surface area contributed by atoms with E-state index in [0.29, 0.717) is 11.7 Å². The second-order valence-corrected chi connectivity index (χ2v) is 7.35. The minimum atomic E-state index is 0.549. The first-order valence-electron chi connectivity index (χ1n) is 9.23. The Morgan fingerprint density at radius 2 is 1.71 bits per heavy atom. The lowest BCUT2D eigenvalue weighted by Crippen LogP contribution is -2.18. The number of hydrogen-bond acceptors (Lipinski definition) is 2. The lowest BCUT2D eigenvalue weighted by atomic mass is 10.0. The van der Waals surface area contributed by atoms with Crippen molar-refractivity contribution >= 4 is 39.5 Å². The Morgan fingerprint density at radius 3 is 2.57 bits per heavy atom. The summed E-state index contributed by atoms with van der Waals surface area (Å²) in [4.78, 5) is 0. The predicted molar refractivity (Wildman–Crippen MR) is 121 cm³/mol. The van der Waals surface area contributed by atoms with Gasteiger partial charge in [-0.3, -0.25) is 4.68 Å². The zero-order valence-electron chi connectivity index (χ0n) is 15.9. The minimum Gasteiger partial charge on any atom is -0.332 e. The molecule has 4 nitrogen and oxygen atoms in total. The number of aromatic nitrogens is 2. The van der Waals surface area contributed by atoms with E-state index < -0.39 is 0 Å². The van der Waals surface area contributed by atoms with Gasteiger partial charge in [0, 0.05) is 11.9 Å². The molecule has 4 rings (SSSR count). The maximum Gasteiger partial charge on any atom is 0.175 e. The van der Waals surface area contributed by atoms with Crippen molar-refractivity contribution in [1.82, 2.24) is 9.78 Å². The summed E-state index contributed by atoms with van der Waals surface area (Å²) in [5.41, 5.74) is 5.57. The third kappa shape index (κ3) is 4.05. The third-order valence-electron chi connectivity index (χ3n) is 4.87. The van der Waals surface area contributed by atoms with Gasteiger partial charge >= 0.3 is 0 Å². The van der Waals surface area contributed by atoms with Gasteiger partial charge in [0.2, 0.25) is 0 Å². The maximum absolute atomic E-state index is 5.44. The number of rotatable bonds is 4. The molecule has 0 aliphatic heterocycles. The number of aryl methyl sites for hydroxylation is 2. The Morgan fingerprint density at radius 1 is 0.929 bits per heavy atom. The number of thiocarbonyl (C=S) groups is 1. The largest absolute Gasteiger partial charge is 0.332 e. The highest BCUT2D eigenvalue weighted by molar-refractivity contribution is 7.80. The average molecular weight is 387 g/mol. The summed E-state index contributed by atoms with van der Waals surface area (Å²) in [5, 5.41) is 13.9. The highest BCUT2D eigenvalue weighted by Gasteiger charge is 2.05. The molecular formula is C23H22N4S. The molecule has 0 unspecified atom stereocenters. The van der Waals surface area contributed by atoms with E-state index in [9.17, 15) is 0 Å². The summed E-state index contributed by atoms with van der Waals surface area (Å²) in [5.74, 6) is 0. The molecule has 0 aliphatic carbocycles. The summed E-state index contributed by atoms with van der Waals surface area (Å²) in [6.07, 6.45) is 3.76. The molecule has 1 heterocycles. The van der Waals surface area contributed by atoms with Crippen molar-refractivity contribution in [1.29, 1.82) is 0 Å². The summed E-state index contributed by atoms with van der Waals surface area (Å²) in [6.45, 7) is 4.90. The van der Waals surface area contributed by atoms with Gasteiger partial charge in [0.15, 0.2) is 5.11 Å². The highest BCUT2D eigenvalue weighted by Crippen LogP contribution is 2.20. The number of benzene rings is 3. The Labute approximate surface area is 170 Å². The zero-order chi connectivity index (χ0) is 19.5. The van der Waals surface area contributed by atoms with Gasteiger partial charge in [0.25, 0.3) is 0 Å². The molecule has 0 amide bonds. The van der Waals surface area contributed by atoms with Crippen molar-refractivity contribution in [3.05, 3.63) is 89.7 Å². The molecule has 1 aromatic heterocycles. The fourth-order valence-electron chi connectivity index (χ4n) is 3.23. The van der Waals surface area contributed by atoms with Crippen LogP contribution in [0.5, 0.6) is 0 Å². The van der Waals surface area contributed by atoms with Gasteiger partial charge in [0.05, 0.1) is 18.4 Å². The molecule has 0 bridgehead atoms. The quantitative estimate of drug-likeness (QED) is 0.454. The summed E-state index contributed by atoms with van der Waals surface area (Å²) < 4.78 is 1.92. The molecule has 140 valence electrons. The molecule has 0 fully saturated rings. The van der Waals surface area contributed by atoms with E-state index in [1.807, 2.05) is 16.9 Å². The summed E-state index contributed by atoms with van der Waals surface area (Å²) >= 11 is 5.44. The predicted octanol–water partition coefficient (Wildman–Crippen LogP) is 5.51. The first-order valence-corrected chi connectivity index (χ1v) is 9.64. The van der Waals surface area contributed by atoms with Crippen LogP contribution < -0.4 is 10.6 Å². The maximum atomic E-state index is 5.44. The average Bonchev–Trinajstić information content (AvgIpc) is 3.12. The normalized spacial score (nSPS) is 10.8. The first kappa shape index (κ1) is 18.2. The lowest BCUT2D eigenvalue weighted by Gasteiger charge is -2.10. The SMILES string of the molecule is Cc1ccc(NC(=S)Nc2cnn(Cc3cccc4ccccc34)c2)cc1C. The van der Waals surface area contributed by atoms with E-state index in [1.165, 1.54) is 27.5 Å². The van der Waals surface area contributed by atoms with Gasteiger partial charge in [0.1, 0.15) is 0 Å². The number of nitrogens with zero attached hydrogens (tertiary/aromatic N) is 2. The van der Waals surface area contributed by atoms with Gasteiger partial charge in [-0.25, -0.2) is 0 Å². The molecule has 28 heavy (non-hydrogen) atoms. The van der Waals surface area contributed by atoms with Gasteiger partial charge in [-0.2, -0.15) is 5.10 Å². The van der Waals surface area contributed by atoms with Crippen LogP contribution in [0.4, 0.5) is 11.4 Å². The molecule has 3 aromatic carbocycles. The van der Waals surface area contributed by atoms with Crippen LogP contribution in [0.15, 0.2) is 73.1 Å². The lowest BCUT2D eigenvalue weighted by molar-refractivity contribution is 0.690. The fourth-order valence-corrected chi connectivity index (χ4v) is 3.47. The topological polar surface area (TPSA) is 41.9 Å². The molecule has 0 radical (unpaired) electrons. The minimum absolute atomic E-state index is 0.549. The van der Waals surface area contributed by atoms with Crippen LogP contribution in [0.1, 0.15) is 16.7 Å². The van der Waals surface area contributed by atoms with Crippen LogP contribution in [-0.4, -0.2) is 14.9 Å². The van der Waals surface area contributed by atoms with Crippen LogP contribution in [0.25, 0.3) is 10.8 Å². The Hall–Kier alpha value is -3.18. The number of anilines is 2. The zero-order valence-corrected chi connectivity index (χ0v) is 16.8. The Kier molecular flexibility index (Phi) is 5.08. The molecule has 2 N–H and O–H groups in total. The highest BCUT2D eigenvalue weighted by atomic mass is 32.1. The molecule has 0 aliphatic rings. The van der Waals surface area contributed by atoms with Crippen LogP contribution in [0, 0.1) is 13.8 Å². The van der Waals surface area contributed by atoms with Gasteiger partial charge < -0.3 is 10.6 Å². The van der Waals surface area contributed by atoms with Crippen LogP contribution in [0.2, 0.25) is 0 Å². The van der Waals surface area contributed by atoms with E-state index in [1.54, 1.807) is 6.20 Å². The van der Waals surface area contributed by atoms with Crippen molar-refractivity contribution in [2.24, 2.45) is 0 Å². The van der Waals surface area contributed by atoms with Crippen molar-refractivity contribution < 1.29 is 0 Å². The summed E-state index contributed by atoms with van der Waals surface area (Å²) in [7, 11) is 0. The van der Waals surface area contributed by atoms with Crippen LogP contribution in [-0.2, 0) is 6.54 Å². The summed E-state index contributed by atoms with van der Waals surface area (Å²) in [6, 6.07) is 21.0.